The van der Waals surface area contributed by atoms with Crippen LogP contribution in [0.15, 0.2) is 42.6 Å². The average Bonchev–Trinajstić information content (AvgIpc) is 2.97. The molecule has 4 nitrogen and oxygen atoms in total. The van der Waals surface area contributed by atoms with Gasteiger partial charge >= 0.3 is 0 Å². The van der Waals surface area contributed by atoms with Gasteiger partial charge in [0.2, 0.25) is 0 Å². The molecule has 4 heteroatoms. The van der Waals surface area contributed by atoms with Crippen molar-refractivity contribution in [2.75, 3.05) is 18.0 Å². The Morgan fingerprint density at radius 1 is 1.29 bits per heavy atom. The number of fused-ring (bicyclic) bond motifs is 1. The zero-order valence-electron chi connectivity index (χ0n) is 12.2. The summed E-state index contributed by atoms with van der Waals surface area (Å²) in [7, 11) is 0. The van der Waals surface area contributed by atoms with E-state index in [4.69, 9.17) is 0 Å². The van der Waals surface area contributed by atoms with Crippen LogP contribution in [0.3, 0.4) is 0 Å². The summed E-state index contributed by atoms with van der Waals surface area (Å²) < 4.78 is 0. The molecule has 21 heavy (non-hydrogen) atoms. The molecule has 0 aliphatic carbocycles. The van der Waals surface area contributed by atoms with E-state index in [1.54, 1.807) is 12.3 Å². The van der Waals surface area contributed by atoms with E-state index in [1.165, 1.54) is 11.3 Å². The lowest BCUT2D eigenvalue weighted by atomic mass is 10.2. The van der Waals surface area contributed by atoms with Gasteiger partial charge < -0.3 is 10.2 Å². The van der Waals surface area contributed by atoms with E-state index in [0.717, 1.165) is 25.1 Å². The van der Waals surface area contributed by atoms with E-state index >= 15 is 0 Å². The Bertz CT molecular complexity index is 637. The lowest BCUT2D eigenvalue weighted by molar-refractivity contribution is 0.0949. The molecule has 1 aromatic carbocycles. The van der Waals surface area contributed by atoms with Gasteiger partial charge in [-0.25, -0.2) is 4.98 Å². The first kappa shape index (κ1) is 13.6. The molecule has 1 aliphatic heterocycles. The van der Waals surface area contributed by atoms with Crippen LogP contribution in [-0.2, 0) is 6.42 Å². The van der Waals surface area contributed by atoms with Crippen LogP contribution >= 0.6 is 0 Å². The van der Waals surface area contributed by atoms with Crippen LogP contribution in [0, 0.1) is 0 Å². The molecule has 1 amide bonds. The number of nitrogens with zero attached hydrogens (tertiary/aromatic N) is 2. The van der Waals surface area contributed by atoms with Crippen LogP contribution in [0.2, 0.25) is 0 Å². The monoisotopic (exact) mass is 281 g/mol. The van der Waals surface area contributed by atoms with Crippen molar-refractivity contribution in [3.63, 3.8) is 0 Å². The summed E-state index contributed by atoms with van der Waals surface area (Å²) in [4.78, 5) is 18.4. The molecule has 1 aromatic heterocycles. The van der Waals surface area contributed by atoms with E-state index in [0.29, 0.717) is 12.2 Å². The van der Waals surface area contributed by atoms with Crippen LogP contribution in [-0.4, -0.2) is 24.0 Å². The summed E-state index contributed by atoms with van der Waals surface area (Å²) in [5.41, 5.74) is 4.11. The van der Waals surface area contributed by atoms with Gasteiger partial charge in [-0.05, 0) is 36.6 Å². The summed E-state index contributed by atoms with van der Waals surface area (Å²) in [5.74, 6) is -0.106. The first-order valence-electron chi connectivity index (χ1n) is 7.39. The van der Waals surface area contributed by atoms with Crippen LogP contribution < -0.4 is 10.2 Å². The predicted octanol–water partition coefficient (Wildman–Crippen LogP) is 2.92. The lowest BCUT2D eigenvalue weighted by Crippen LogP contribution is -2.25. The third-order valence-corrected chi connectivity index (χ3v) is 3.71. The zero-order valence-corrected chi connectivity index (χ0v) is 12.2. The van der Waals surface area contributed by atoms with E-state index in [9.17, 15) is 4.79 Å². The predicted molar refractivity (Wildman–Crippen MR) is 84.0 cm³/mol. The van der Waals surface area contributed by atoms with E-state index in [2.05, 4.69) is 39.5 Å². The van der Waals surface area contributed by atoms with Gasteiger partial charge in [-0.2, -0.15) is 0 Å². The fraction of sp³-hybridized carbons (Fsp3) is 0.294. The molecule has 0 saturated heterocycles. The standard InChI is InChI=1S/C17H19N3O/c1-2-10-18-17(21)15-8-7-14(12-19-15)20-11-9-13-5-3-4-6-16(13)20/h3-8,12H,2,9-11H2,1H3,(H,18,21). The van der Waals surface area contributed by atoms with Gasteiger partial charge in [-0.1, -0.05) is 25.1 Å². The largest absolute Gasteiger partial charge is 0.351 e. The van der Waals surface area contributed by atoms with Crippen molar-refractivity contribution in [1.29, 1.82) is 0 Å². The van der Waals surface area contributed by atoms with Gasteiger partial charge in [0.1, 0.15) is 5.69 Å². The maximum atomic E-state index is 11.8. The molecule has 0 saturated carbocycles. The quantitative estimate of drug-likeness (QED) is 0.937. The van der Waals surface area contributed by atoms with Gasteiger partial charge in [0, 0.05) is 18.8 Å². The van der Waals surface area contributed by atoms with Crippen molar-refractivity contribution in [1.82, 2.24) is 10.3 Å². The highest BCUT2D eigenvalue weighted by Crippen LogP contribution is 2.33. The number of carbonyl (C=O) groups is 1. The second kappa shape index (κ2) is 5.95. The molecule has 3 rings (SSSR count). The van der Waals surface area contributed by atoms with Crippen LogP contribution in [0.4, 0.5) is 11.4 Å². The molecule has 1 aliphatic rings. The molecule has 2 heterocycles. The molecule has 0 bridgehead atoms. The molecule has 0 unspecified atom stereocenters. The minimum atomic E-state index is -0.106. The maximum Gasteiger partial charge on any atom is 0.269 e. The van der Waals surface area contributed by atoms with E-state index < -0.39 is 0 Å². The summed E-state index contributed by atoms with van der Waals surface area (Å²) in [6.07, 6.45) is 3.76. The Morgan fingerprint density at radius 3 is 2.90 bits per heavy atom. The smallest absolute Gasteiger partial charge is 0.269 e. The van der Waals surface area contributed by atoms with Gasteiger partial charge in [0.15, 0.2) is 0 Å². The highest BCUT2D eigenvalue weighted by atomic mass is 16.1. The fourth-order valence-corrected chi connectivity index (χ4v) is 2.62. The molecular formula is C17H19N3O. The Balaban J connectivity index is 1.78. The Hall–Kier alpha value is -2.36. The van der Waals surface area contributed by atoms with Crippen molar-refractivity contribution in [3.8, 4) is 0 Å². The third kappa shape index (κ3) is 2.75. The number of pyridine rings is 1. The Kier molecular flexibility index (Phi) is 3.86. The van der Waals surface area contributed by atoms with E-state index in [-0.39, 0.29) is 5.91 Å². The molecule has 1 N–H and O–H groups in total. The van der Waals surface area contributed by atoms with Crippen molar-refractivity contribution >= 4 is 17.3 Å². The van der Waals surface area contributed by atoms with Crippen molar-refractivity contribution in [2.45, 2.75) is 19.8 Å². The molecule has 0 fully saturated rings. The molecule has 0 spiro atoms. The fourth-order valence-electron chi connectivity index (χ4n) is 2.62. The van der Waals surface area contributed by atoms with Gasteiger partial charge in [0.05, 0.1) is 11.9 Å². The van der Waals surface area contributed by atoms with Crippen molar-refractivity contribution < 1.29 is 4.79 Å². The number of anilines is 2. The summed E-state index contributed by atoms with van der Waals surface area (Å²) in [5, 5.41) is 2.84. The number of carbonyl (C=O) groups excluding carboxylic acids is 1. The summed E-state index contributed by atoms with van der Waals surface area (Å²) >= 11 is 0. The molecule has 2 aromatic rings. The minimum Gasteiger partial charge on any atom is -0.351 e. The second-order valence-electron chi connectivity index (χ2n) is 5.19. The molecule has 0 atom stereocenters. The first-order chi connectivity index (χ1) is 10.3. The summed E-state index contributed by atoms with van der Waals surface area (Å²) in [6, 6.07) is 12.2. The number of aromatic nitrogens is 1. The highest BCUT2D eigenvalue weighted by molar-refractivity contribution is 5.92. The number of hydrogen-bond donors (Lipinski definition) is 1. The molecule has 0 radical (unpaired) electrons. The number of rotatable bonds is 4. The number of benzene rings is 1. The Morgan fingerprint density at radius 2 is 2.14 bits per heavy atom. The van der Waals surface area contributed by atoms with Gasteiger partial charge in [-0.3, -0.25) is 4.79 Å². The normalized spacial score (nSPS) is 13.1. The number of para-hydroxylation sites is 1. The van der Waals surface area contributed by atoms with Crippen LogP contribution in [0.1, 0.15) is 29.4 Å². The zero-order chi connectivity index (χ0) is 14.7. The number of hydrogen-bond acceptors (Lipinski definition) is 3. The first-order valence-corrected chi connectivity index (χ1v) is 7.39. The third-order valence-electron chi connectivity index (χ3n) is 3.71. The van der Waals surface area contributed by atoms with Gasteiger partial charge in [0.25, 0.3) is 5.91 Å². The van der Waals surface area contributed by atoms with Crippen LogP contribution in [0.25, 0.3) is 0 Å². The maximum absolute atomic E-state index is 11.8. The van der Waals surface area contributed by atoms with Crippen molar-refractivity contribution in [2.24, 2.45) is 0 Å². The number of amides is 1. The SMILES string of the molecule is CCCNC(=O)c1ccc(N2CCc3ccccc32)cn1. The Labute approximate surface area is 124 Å². The average molecular weight is 281 g/mol. The minimum absolute atomic E-state index is 0.106. The molecular weight excluding hydrogens is 262 g/mol. The van der Waals surface area contributed by atoms with Crippen LogP contribution in [0.5, 0.6) is 0 Å². The summed E-state index contributed by atoms with van der Waals surface area (Å²) in [6.45, 7) is 3.67. The van der Waals surface area contributed by atoms with Gasteiger partial charge in [-0.15, -0.1) is 0 Å². The second-order valence-corrected chi connectivity index (χ2v) is 5.19. The lowest BCUT2D eigenvalue weighted by Gasteiger charge is -2.19. The topological polar surface area (TPSA) is 45.2 Å². The number of nitrogens with one attached hydrogen (secondary N) is 1. The molecule has 108 valence electrons. The van der Waals surface area contributed by atoms with E-state index in [1.807, 2.05) is 13.0 Å². The highest BCUT2D eigenvalue weighted by Gasteiger charge is 2.20. The van der Waals surface area contributed by atoms with Crippen molar-refractivity contribution in [3.05, 3.63) is 53.9 Å².